The average Bonchev–Trinajstić information content (AvgIpc) is 2.94. The van der Waals surface area contributed by atoms with Crippen molar-refractivity contribution >= 4 is 34.8 Å². The van der Waals surface area contributed by atoms with Crippen LogP contribution in [-0.2, 0) is 16.1 Å². The van der Waals surface area contributed by atoms with E-state index in [1.54, 1.807) is 4.90 Å². The quantitative estimate of drug-likeness (QED) is 0.550. The van der Waals surface area contributed by atoms with Crippen molar-refractivity contribution in [1.29, 1.82) is 0 Å². The van der Waals surface area contributed by atoms with E-state index in [2.05, 4.69) is 27.9 Å². The topological polar surface area (TPSA) is 67.9 Å². The van der Waals surface area contributed by atoms with Crippen molar-refractivity contribution in [3.63, 3.8) is 0 Å². The molecule has 0 aromatic heterocycles. The van der Waals surface area contributed by atoms with Crippen molar-refractivity contribution in [2.45, 2.75) is 51.5 Å². The fourth-order valence-electron chi connectivity index (χ4n) is 2.67. The van der Waals surface area contributed by atoms with Crippen molar-refractivity contribution in [1.82, 2.24) is 10.2 Å². The van der Waals surface area contributed by atoms with E-state index < -0.39 is 11.7 Å². The van der Waals surface area contributed by atoms with E-state index in [4.69, 9.17) is 9.47 Å². The number of ether oxygens (including phenoxy) is 2. The van der Waals surface area contributed by atoms with Crippen LogP contribution in [0.25, 0.3) is 0 Å². The summed E-state index contributed by atoms with van der Waals surface area (Å²) >= 11 is 2.25. The number of benzene rings is 1. The molecular formula is C18H25IN2O4. The van der Waals surface area contributed by atoms with Crippen LogP contribution >= 0.6 is 22.6 Å². The number of halogens is 1. The molecule has 2 atom stereocenters. The Hall–Kier alpha value is -1.51. The predicted octanol–water partition coefficient (Wildman–Crippen LogP) is 3.73. The van der Waals surface area contributed by atoms with Crippen LogP contribution in [0.3, 0.4) is 0 Å². The maximum atomic E-state index is 12.4. The van der Waals surface area contributed by atoms with Crippen LogP contribution in [0.5, 0.6) is 0 Å². The molecule has 1 N–H and O–H groups in total. The van der Waals surface area contributed by atoms with E-state index in [-0.39, 0.29) is 24.8 Å². The monoisotopic (exact) mass is 460 g/mol. The molecular weight excluding hydrogens is 435 g/mol. The number of carbonyl (C=O) groups excluding carboxylic acids is 2. The van der Waals surface area contributed by atoms with Crippen LogP contribution in [0.4, 0.5) is 9.59 Å². The van der Waals surface area contributed by atoms with Gasteiger partial charge in [0.15, 0.2) is 0 Å². The summed E-state index contributed by atoms with van der Waals surface area (Å²) in [6.07, 6.45) is -0.106. The number of nitrogens with zero attached hydrogens (tertiary/aromatic N) is 1. The van der Waals surface area contributed by atoms with Gasteiger partial charge in [-0.15, -0.1) is 0 Å². The lowest BCUT2D eigenvalue weighted by Crippen LogP contribution is -2.41. The van der Waals surface area contributed by atoms with Crippen LogP contribution in [0.1, 0.15) is 32.8 Å². The van der Waals surface area contributed by atoms with Gasteiger partial charge in [-0.1, -0.05) is 52.9 Å². The maximum absolute atomic E-state index is 12.4. The molecule has 1 aromatic rings. The molecule has 1 aliphatic heterocycles. The third-order valence-electron chi connectivity index (χ3n) is 3.75. The van der Waals surface area contributed by atoms with Crippen molar-refractivity contribution in [2.75, 3.05) is 11.0 Å². The van der Waals surface area contributed by atoms with Gasteiger partial charge in [0.1, 0.15) is 12.2 Å². The number of alkyl carbamates (subject to hydrolysis) is 1. The van der Waals surface area contributed by atoms with Crippen LogP contribution in [0.2, 0.25) is 0 Å². The Morgan fingerprint density at radius 2 is 1.96 bits per heavy atom. The van der Waals surface area contributed by atoms with Gasteiger partial charge in [-0.2, -0.15) is 0 Å². The lowest BCUT2D eigenvalue weighted by Gasteiger charge is -2.22. The van der Waals surface area contributed by atoms with Gasteiger partial charge in [-0.25, -0.2) is 9.59 Å². The second-order valence-corrected chi connectivity index (χ2v) is 7.96. The zero-order valence-electron chi connectivity index (χ0n) is 14.8. The Labute approximate surface area is 162 Å². The largest absolute Gasteiger partial charge is 0.445 e. The first-order valence-corrected chi connectivity index (χ1v) is 9.84. The highest BCUT2D eigenvalue weighted by molar-refractivity contribution is 14.1. The Kier molecular flexibility index (Phi) is 6.92. The number of likely N-dealkylation sites (tertiary alicyclic amines) is 1. The molecule has 1 aliphatic rings. The minimum atomic E-state index is -0.542. The summed E-state index contributed by atoms with van der Waals surface area (Å²) in [5.41, 5.74) is 0.407. The zero-order chi connectivity index (χ0) is 18.4. The number of hydrogen-bond acceptors (Lipinski definition) is 4. The minimum absolute atomic E-state index is 0.0452. The highest BCUT2D eigenvalue weighted by atomic mass is 127. The molecule has 0 saturated carbocycles. The average molecular weight is 460 g/mol. The van der Waals surface area contributed by atoms with Gasteiger partial charge in [-0.05, 0) is 32.8 Å². The molecule has 6 nitrogen and oxygen atoms in total. The fourth-order valence-corrected chi connectivity index (χ4v) is 3.50. The van der Waals surface area contributed by atoms with Gasteiger partial charge in [0.25, 0.3) is 0 Å². The van der Waals surface area contributed by atoms with Crippen LogP contribution in [-0.4, -0.2) is 45.7 Å². The van der Waals surface area contributed by atoms with Gasteiger partial charge >= 0.3 is 12.2 Å². The maximum Gasteiger partial charge on any atom is 0.410 e. The van der Waals surface area contributed by atoms with E-state index in [1.807, 2.05) is 51.1 Å². The Morgan fingerprint density at radius 3 is 2.56 bits per heavy atom. The van der Waals surface area contributed by atoms with E-state index in [9.17, 15) is 9.59 Å². The second kappa shape index (κ2) is 8.73. The van der Waals surface area contributed by atoms with E-state index >= 15 is 0 Å². The number of rotatable bonds is 4. The van der Waals surface area contributed by atoms with E-state index in [0.717, 1.165) is 9.99 Å². The number of amides is 2. The highest BCUT2D eigenvalue weighted by Gasteiger charge is 2.36. The van der Waals surface area contributed by atoms with Crippen molar-refractivity contribution in [3.05, 3.63) is 35.9 Å². The first-order chi connectivity index (χ1) is 11.8. The lowest BCUT2D eigenvalue weighted by molar-refractivity contribution is 0.0502. The summed E-state index contributed by atoms with van der Waals surface area (Å²) in [6.45, 7) is 6.14. The fraction of sp³-hybridized carbons (Fsp3) is 0.556. The molecule has 7 heteroatoms. The summed E-state index contributed by atoms with van der Waals surface area (Å²) in [5, 5.41) is 2.84. The molecule has 1 heterocycles. The summed E-state index contributed by atoms with van der Waals surface area (Å²) in [5.74, 6) is 0. The number of nitrogens with one attached hydrogen (secondary N) is 1. The van der Waals surface area contributed by atoms with Crippen LogP contribution in [0.15, 0.2) is 30.3 Å². The predicted molar refractivity (Wildman–Crippen MR) is 104 cm³/mol. The second-order valence-electron chi connectivity index (χ2n) is 7.08. The lowest BCUT2D eigenvalue weighted by atomic mass is 10.2. The summed E-state index contributed by atoms with van der Waals surface area (Å²) in [4.78, 5) is 26.0. The third kappa shape index (κ3) is 6.37. The summed E-state index contributed by atoms with van der Waals surface area (Å²) in [6, 6.07) is 9.49. The van der Waals surface area contributed by atoms with Crippen molar-refractivity contribution in [3.8, 4) is 0 Å². The number of carbonyl (C=O) groups is 2. The molecule has 25 heavy (non-hydrogen) atoms. The molecule has 0 radical (unpaired) electrons. The zero-order valence-corrected chi connectivity index (χ0v) is 17.0. The smallest absolute Gasteiger partial charge is 0.410 e. The Balaban J connectivity index is 1.87. The minimum Gasteiger partial charge on any atom is -0.445 e. The molecule has 2 amide bonds. The van der Waals surface area contributed by atoms with E-state index in [1.165, 1.54) is 0 Å². The number of hydrogen-bond donors (Lipinski definition) is 1. The first-order valence-electron chi connectivity index (χ1n) is 8.31. The van der Waals surface area contributed by atoms with E-state index in [0.29, 0.717) is 13.0 Å². The van der Waals surface area contributed by atoms with Crippen molar-refractivity contribution < 1.29 is 19.1 Å². The SMILES string of the molecule is CC(C)(C)OC(=O)N[C@@H]1C[C@H](CI)N(C(=O)OCc2ccccc2)C1. The van der Waals surface area contributed by atoms with Gasteiger partial charge < -0.3 is 19.7 Å². The highest BCUT2D eigenvalue weighted by Crippen LogP contribution is 2.22. The normalized spacial score (nSPS) is 20.2. The molecule has 2 rings (SSSR count). The molecule has 0 spiro atoms. The third-order valence-corrected chi connectivity index (χ3v) is 4.77. The molecule has 0 aliphatic carbocycles. The molecule has 1 aromatic carbocycles. The van der Waals surface area contributed by atoms with Gasteiger partial charge in [0.2, 0.25) is 0 Å². The van der Waals surface area contributed by atoms with Gasteiger partial charge in [0.05, 0.1) is 6.04 Å². The Bertz CT molecular complexity index is 588. The van der Waals surface area contributed by atoms with Gasteiger partial charge in [0, 0.05) is 17.0 Å². The molecule has 1 saturated heterocycles. The summed E-state index contributed by atoms with van der Waals surface area (Å²) in [7, 11) is 0. The Morgan fingerprint density at radius 1 is 1.28 bits per heavy atom. The standard InChI is InChI=1S/C18H25IN2O4/c1-18(2,3)25-16(22)20-14-9-15(10-19)21(11-14)17(23)24-12-13-7-5-4-6-8-13/h4-8,14-15H,9-12H2,1-3H3,(H,20,22)/t14-,15-/m1/s1. The van der Waals surface area contributed by atoms with Crippen LogP contribution in [0, 0.1) is 0 Å². The summed E-state index contributed by atoms with van der Waals surface area (Å²) < 4.78 is 11.5. The number of alkyl halides is 1. The molecule has 1 fully saturated rings. The van der Waals surface area contributed by atoms with Gasteiger partial charge in [-0.3, -0.25) is 0 Å². The molecule has 0 unspecified atom stereocenters. The van der Waals surface area contributed by atoms with Crippen molar-refractivity contribution in [2.24, 2.45) is 0 Å². The van der Waals surface area contributed by atoms with Crippen LogP contribution < -0.4 is 5.32 Å². The first kappa shape index (κ1) is 19.8. The molecule has 0 bridgehead atoms. The molecule has 138 valence electrons.